The summed E-state index contributed by atoms with van der Waals surface area (Å²) in [6, 6.07) is 7.50. The molecular weight excluding hydrogens is 255 g/mol. The standard InChI is InChI=1S/C12H11FN2O2S/c1-17-12(16)10(7-14)11(18-2)15-9-5-3-4-8(13)6-9/h3-6,15H,1-2H3/b11-10-. The van der Waals surface area contributed by atoms with Crippen LogP contribution in [0, 0.1) is 17.1 Å². The number of hydrogen-bond acceptors (Lipinski definition) is 5. The third kappa shape index (κ3) is 3.50. The molecule has 0 spiro atoms. The van der Waals surface area contributed by atoms with Gasteiger partial charge < -0.3 is 10.1 Å². The van der Waals surface area contributed by atoms with Crippen molar-refractivity contribution in [2.24, 2.45) is 0 Å². The van der Waals surface area contributed by atoms with E-state index < -0.39 is 11.8 Å². The van der Waals surface area contributed by atoms with Gasteiger partial charge in [0.2, 0.25) is 0 Å². The van der Waals surface area contributed by atoms with Crippen molar-refractivity contribution < 1.29 is 13.9 Å². The van der Waals surface area contributed by atoms with Gasteiger partial charge in [-0.25, -0.2) is 9.18 Å². The fourth-order valence-corrected chi connectivity index (χ4v) is 1.76. The normalized spacial score (nSPS) is 11.2. The molecule has 1 rings (SSSR count). The zero-order valence-corrected chi connectivity index (χ0v) is 10.7. The number of methoxy groups -OCH3 is 1. The van der Waals surface area contributed by atoms with Crippen LogP contribution in [-0.2, 0) is 9.53 Å². The van der Waals surface area contributed by atoms with E-state index in [0.29, 0.717) is 10.7 Å². The summed E-state index contributed by atoms with van der Waals surface area (Å²) >= 11 is 1.17. The minimum absolute atomic E-state index is 0.144. The first-order chi connectivity index (χ1) is 8.62. The molecule has 0 amide bonds. The molecule has 1 aromatic rings. The molecule has 0 saturated carbocycles. The van der Waals surface area contributed by atoms with Gasteiger partial charge in [0, 0.05) is 5.69 Å². The topological polar surface area (TPSA) is 62.1 Å². The lowest BCUT2D eigenvalue weighted by atomic mass is 10.3. The van der Waals surface area contributed by atoms with Gasteiger partial charge in [0.1, 0.15) is 11.9 Å². The third-order valence-corrected chi connectivity index (χ3v) is 2.73. The minimum Gasteiger partial charge on any atom is -0.465 e. The Bertz CT molecular complexity index is 523. The Kier molecular flexibility index (Phi) is 5.21. The van der Waals surface area contributed by atoms with Gasteiger partial charge in [-0.15, -0.1) is 11.8 Å². The number of rotatable bonds is 4. The second-order valence-corrected chi connectivity index (χ2v) is 3.96. The number of esters is 1. The van der Waals surface area contributed by atoms with E-state index in [9.17, 15) is 9.18 Å². The molecule has 0 aliphatic heterocycles. The Hall–Kier alpha value is -2.00. The van der Waals surface area contributed by atoms with E-state index in [1.54, 1.807) is 18.4 Å². The molecule has 1 N–H and O–H groups in total. The van der Waals surface area contributed by atoms with Crippen molar-refractivity contribution in [1.82, 2.24) is 0 Å². The molecule has 94 valence electrons. The summed E-state index contributed by atoms with van der Waals surface area (Å²) in [6.45, 7) is 0. The molecule has 0 unspecified atom stereocenters. The van der Waals surface area contributed by atoms with Crippen LogP contribution in [-0.4, -0.2) is 19.3 Å². The molecule has 0 heterocycles. The minimum atomic E-state index is -0.731. The number of hydrogen-bond donors (Lipinski definition) is 1. The van der Waals surface area contributed by atoms with Crippen LogP contribution < -0.4 is 5.32 Å². The van der Waals surface area contributed by atoms with Crippen molar-refractivity contribution >= 4 is 23.4 Å². The monoisotopic (exact) mass is 266 g/mol. The highest BCUT2D eigenvalue weighted by molar-refractivity contribution is 8.02. The highest BCUT2D eigenvalue weighted by atomic mass is 32.2. The van der Waals surface area contributed by atoms with Crippen LogP contribution in [0.3, 0.4) is 0 Å². The molecule has 0 aliphatic rings. The van der Waals surface area contributed by atoms with Crippen molar-refractivity contribution in [2.45, 2.75) is 0 Å². The van der Waals surface area contributed by atoms with Gasteiger partial charge in [0.25, 0.3) is 0 Å². The van der Waals surface area contributed by atoms with Crippen LogP contribution in [0.1, 0.15) is 0 Å². The lowest BCUT2D eigenvalue weighted by molar-refractivity contribution is -0.135. The van der Waals surface area contributed by atoms with Crippen LogP contribution in [0.5, 0.6) is 0 Å². The molecule has 0 fully saturated rings. The molecule has 0 bridgehead atoms. The van der Waals surface area contributed by atoms with Gasteiger partial charge in [-0.05, 0) is 24.5 Å². The highest BCUT2D eigenvalue weighted by Gasteiger charge is 2.15. The Morgan fingerprint density at radius 3 is 2.78 bits per heavy atom. The molecule has 4 nitrogen and oxygen atoms in total. The fourth-order valence-electron chi connectivity index (χ4n) is 1.20. The van der Waals surface area contributed by atoms with Crippen LogP contribution in [0.2, 0.25) is 0 Å². The zero-order chi connectivity index (χ0) is 13.5. The lowest BCUT2D eigenvalue weighted by Gasteiger charge is -2.10. The van der Waals surface area contributed by atoms with Gasteiger partial charge in [-0.3, -0.25) is 0 Å². The van der Waals surface area contributed by atoms with Crippen LogP contribution >= 0.6 is 11.8 Å². The number of benzene rings is 1. The van der Waals surface area contributed by atoms with Crippen molar-refractivity contribution in [3.8, 4) is 6.07 Å². The van der Waals surface area contributed by atoms with Crippen molar-refractivity contribution in [3.63, 3.8) is 0 Å². The quantitative estimate of drug-likeness (QED) is 0.515. The number of carbonyl (C=O) groups is 1. The summed E-state index contributed by atoms with van der Waals surface area (Å²) in [5.41, 5.74) is 0.310. The number of halogens is 1. The number of nitriles is 1. The maximum absolute atomic E-state index is 13.0. The van der Waals surface area contributed by atoms with E-state index in [2.05, 4.69) is 10.1 Å². The molecular formula is C12H11FN2O2S. The third-order valence-electron chi connectivity index (χ3n) is 2.01. The average Bonchev–Trinajstić information content (AvgIpc) is 2.38. The number of ether oxygens (including phenoxy) is 1. The predicted molar refractivity (Wildman–Crippen MR) is 68.2 cm³/mol. The first-order valence-corrected chi connectivity index (χ1v) is 6.14. The Balaban J connectivity index is 3.07. The predicted octanol–water partition coefficient (Wildman–Crippen LogP) is 2.51. The lowest BCUT2D eigenvalue weighted by Crippen LogP contribution is -2.09. The van der Waals surface area contributed by atoms with Crippen molar-refractivity contribution in [3.05, 3.63) is 40.7 Å². The molecule has 0 aromatic heterocycles. The van der Waals surface area contributed by atoms with Crippen LogP contribution in [0.4, 0.5) is 10.1 Å². The van der Waals surface area contributed by atoms with E-state index in [1.165, 1.54) is 37.1 Å². The molecule has 6 heteroatoms. The Morgan fingerprint density at radius 2 is 2.28 bits per heavy atom. The SMILES string of the molecule is COC(=O)/C(C#N)=C(/Nc1cccc(F)c1)SC. The summed E-state index contributed by atoms with van der Waals surface area (Å²) in [4.78, 5) is 11.4. The van der Waals surface area contributed by atoms with Crippen LogP contribution in [0.25, 0.3) is 0 Å². The summed E-state index contributed by atoms with van der Waals surface area (Å²) in [5.74, 6) is -1.14. The molecule has 0 radical (unpaired) electrons. The number of anilines is 1. The first-order valence-electron chi connectivity index (χ1n) is 4.91. The average molecular weight is 266 g/mol. The second kappa shape index (κ2) is 6.67. The van der Waals surface area contributed by atoms with E-state index in [0.717, 1.165) is 0 Å². The number of carbonyl (C=O) groups excluding carboxylic acids is 1. The smallest absolute Gasteiger partial charge is 0.351 e. The Morgan fingerprint density at radius 1 is 1.56 bits per heavy atom. The summed E-state index contributed by atoms with van der Waals surface area (Å²) in [6.07, 6.45) is 1.70. The number of nitrogens with one attached hydrogen (secondary N) is 1. The Labute approximate surface area is 108 Å². The molecule has 0 atom stereocenters. The first kappa shape index (κ1) is 14.1. The second-order valence-electron chi connectivity index (χ2n) is 3.15. The highest BCUT2D eigenvalue weighted by Crippen LogP contribution is 2.21. The van der Waals surface area contributed by atoms with Gasteiger partial charge in [0.05, 0.1) is 12.1 Å². The largest absolute Gasteiger partial charge is 0.465 e. The van der Waals surface area contributed by atoms with E-state index >= 15 is 0 Å². The molecule has 0 saturated heterocycles. The maximum atomic E-state index is 13.0. The van der Waals surface area contributed by atoms with Gasteiger partial charge in [-0.1, -0.05) is 6.07 Å². The van der Waals surface area contributed by atoms with E-state index in [4.69, 9.17) is 5.26 Å². The molecule has 0 aliphatic carbocycles. The maximum Gasteiger partial charge on any atom is 0.351 e. The van der Waals surface area contributed by atoms with E-state index in [-0.39, 0.29) is 5.57 Å². The van der Waals surface area contributed by atoms with Crippen molar-refractivity contribution in [1.29, 1.82) is 5.26 Å². The summed E-state index contributed by atoms with van der Waals surface area (Å²) < 4.78 is 17.5. The zero-order valence-electron chi connectivity index (χ0n) is 9.86. The molecule has 18 heavy (non-hydrogen) atoms. The van der Waals surface area contributed by atoms with Crippen LogP contribution in [0.15, 0.2) is 34.9 Å². The summed E-state index contributed by atoms with van der Waals surface area (Å²) in [5, 5.41) is 12.1. The van der Waals surface area contributed by atoms with Gasteiger partial charge >= 0.3 is 5.97 Å². The molecule has 1 aromatic carbocycles. The van der Waals surface area contributed by atoms with Gasteiger partial charge in [0.15, 0.2) is 5.57 Å². The van der Waals surface area contributed by atoms with Crippen molar-refractivity contribution in [2.75, 3.05) is 18.7 Å². The number of thioether (sulfide) groups is 1. The van der Waals surface area contributed by atoms with E-state index in [1.807, 2.05) is 0 Å². The number of nitrogens with zero attached hydrogens (tertiary/aromatic N) is 1. The fraction of sp³-hybridized carbons (Fsp3) is 0.167. The summed E-state index contributed by atoms with van der Waals surface area (Å²) in [7, 11) is 1.19. The van der Waals surface area contributed by atoms with Gasteiger partial charge in [-0.2, -0.15) is 5.26 Å².